The summed E-state index contributed by atoms with van der Waals surface area (Å²) in [6, 6.07) is 3.57. The van der Waals surface area contributed by atoms with E-state index in [0.29, 0.717) is 16.6 Å². The van der Waals surface area contributed by atoms with Crippen molar-refractivity contribution in [3.05, 3.63) is 29.9 Å². The van der Waals surface area contributed by atoms with E-state index < -0.39 is 0 Å². The molecular formula is C12H14N2O2S. The molecule has 1 aromatic rings. The molecule has 1 aliphatic rings. The fourth-order valence-electron chi connectivity index (χ4n) is 1.34. The topological polar surface area (TPSA) is 54.6 Å². The first kappa shape index (κ1) is 12.0. The minimum Gasteiger partial charge on any atom is -0.465 e. The van der Waals surface area contributed by atoms with E-state index in [1.165, 1.54) is 0 Å². The number of furan rings is 1. The van der Waals surface area contributed by atoms with Gasteiger partial charge in [-0.15, -0.1) is 0 Å². The van der Waals surface area contributed by atoms with Crippen molar-refractivity contribution in [2.75, 3.05) is 5.75 Å². The van der Waals surface area contributed by atoms with Gasteiger partial charge in [-0.3, -0.25) is 10.1 Å². The van der Waals surface area contributed by atoms with E-state index >= 15 is 0 Å². The van der Waals surface area contributed by atoms with E-state index in [2.05, 4.69) is 17.2 Å². The van der Waals surface area contributed by atoms with E-state index in [0.717, 1.165) is 18.6 Å². The molecule has 2 rings (SSSR count). The lowest BCUT2D eigenvalue weighted by Gasteiger charge is -1.97. The van der Waals surface area contributed by atoms with Gasteiger partial charge >= 0.3 is 0 Å². The zero-order valence-corrected chi connectivity index (χ0v) is 10.4. The van der Waals surface area contributed by atoms with Gasteiger partial charge in [-0.05, 0) is 18.6 Å². The Labute approximate surface area is 104 Å². The number of hydrogen-bond donors (Lipinski definition) is 1. The molecule has 0 atom stereocenters. The van der Waals surface area contributed by atoms with Crippen LogP contribution in [0.3, 0.4) is 0 Å². The highest BCUT2D eigenvalue weighted by molar-refractivity contribution is 8.13. The number of nitrogens with one attached hydrogen (secondary N) is 1. The van der Waals surface area contributed by atoms with Crippen LogP contribution >= 0.6 is 11.8 Å². The lowest BCUT2D eigenvalue weighted by molar-refractivity contribution is -0.115. The van der Waals surface area contributed by atoms with E-state index in [1.807, 2.05) is 0 Å². The molecule has 0 fully saturated rings. The van der Waals surface area contributed by atoms with Crippen LogP contribution in [-0.2, 0) is 4.79 Å². The van der Waals surface area contributed by atoms with Gasteiger partial charge in [0, 0.05) is 11.8 Å². The molecule has 2 heterocycles. The molecule has 0 saturated heterocycles. The van der Waals surface area contributed by atoms with E-state index in [-0.39, 0.29) is 5.91 Å². The van der Waals surface area contributed by atoms with Gasteiger partial charge < -0.3 is 4.42 Å². The molecule has 0 unspecified atom stereocenters. The Morgan fingerprint density at radius 3 is 3.18 bits per heavy atom. The van der Waals surface area contributed by atoms with Gasteiger partial charge in [-0.2, -0.15) is 0 Å². The third kappa shape index (κ3) is 3.23. The number of rotatable bonds is 4. The van der Waals surface area contributed by atoms with Crippen molar-refractivity contribution >= 4 is 28.9 Å². The van der Waals surface area contributed by atoms with Crippen LogP contribution in [0.2, 0.25) is 0 Å². The summed E-state index contributed by atoms with van der Waals surface area (Å²) in [6.45, 7) is 2.14. The zero-order chi connectivity index (χ0) is 12.1. The average Bonchev–Trinajstić information content (AvgIpc) is 2.91. The minimum absolute atomic E-state index is 0.166. The summed E-state index contributed by atoms with van der Waals surface area (Å²) in [5.41, 5.74) is 0.402. The first-order chi connectivity index (χ1) is 8.29. The number of thioether (sulfide) groups is 1. The quantitative estimate of drug-likeness (QED) is 0.660. The second-order valence-corrected chi connectivity index (χ2v) is 4.70. The Kier molecular flexibility index (Phi) is 4.03. The van der Waals surface area contributed by atoms with Crippen LogP contribution in [0, 0.1) is 0 Å². The Hall–Kier alpha value is -1.49. The standard InChI is InChI=1S/C12H14N2O2S/c1-2-3-7-17-12-13-10(11(15)14-12)8-9-5-4-6-16-9/h4-6,8H,2-3,7H2,1H3,(H,13,14,15)/b10-8-. The Morgan fingerprint density at radius 2 is 2.47 bits per heavy atom. The SMILES string of the molecule is CCCCSC1=N/C(=C\c2ccco2)C(=O)N1. The van der Waals surface area contributed by atoms with Crippen LogP contribution in [0.5, 0.6) is 0 Å². The van der Waals surface area contributed by atoms with Crippen molar-refractivity contribution in [2.45, 2.75) is 19.8 Å². The van der Waals surface area contributed by atoms with Crippen LogP contribution < -0.4 is 5.32 Å². The molecular weight excluding hydrogens is 236 g/mol. The van der Waals surface area contributed by atoms with Crippen molar-refractivity contribution in [1.29, 1.82) is 0 Å². The summed E-state index contributed by atoms with van der Waals surface area (Å²) in [4.78, 5) is 15.8. The number of aliphatic imine (C=N–C) groups is 1. The van der Waals surface area contributed by atoms with Gasteiger partial charge in [0.15, 0.2) is 5.17 Å². The van der Waals surface area contributed by atoms with Gasteiger partial charge in [0.2, 0.25) is 0 Å². The number of amides is 1. The third-order valence-electron chi connectivity index (χ3n) is 2.23. The lowest BCUT2D eigenvalue weighted by atomic mass is 10.3. The maximum Gasteiger partial charge on any atom is 0.276 e. The number of unbranched alkanes of at least 4 members (excludes halogenated alkanes) is 1. The Bertz CT molecular complexity index is 449. The third-order valence-corrected chi connectivity index (χ3v) is 3.19. The Morgan fingerprint density at radius 1 is 1.59 bits per heavy atom. The van der Waals surface area contributed by atoms with Gasteiger partial charge in [-0.1, -0.05) is 25.1 Å². The van der Waals surface area contributed by atoms with Crippen LogP contribution in [0.25, 0.3) is 6.08 Å². The molecule has 5 heteroatoms. The highest BCUT2D eigenvalue weighted by Gasteiger charge is 2.20. The molecule has 17 heavy (non-hydrogen) atoms. The Balaban J connectivity index is 2.01. The number of amidine groups is 1. The van der Waals surface area contributed by atoms with Crippen LogP contribution in [0.1, 0.15) is 25.5 Å². The maximum absolute atomic E-state index is 11.6. The van der Waals surface area contributed by atoms with Gasteiger partial charge in [-0.25, -0.2) is 4.99 Å². The van der Waals surface area contributed by atoms with Crippen LogP contribution in [-0.4, -0.2) is 16.8 Å². The van der Waals surface area contributed by atoms with E-state index in [1.54, 1.807) is 36.2 Å². The molecule has 90 valence electrons. The predicted molar refractivity (Wildman–Crippen MR) is 69.6 cm³/mol. The molecule has 1 amide bonds. The summed E-state index contributed by atoms with van der Waals surface area (Å²) in [6.07, 6.45) is 5.47. The predicted octanol–water partition coefficient (Wildman–Crippen LogP) is 2.64. The number of nitrogens with zero attached hydrogens (tertiary/aromatic N) is 1. The lowest BCUT2D eigenvalue weighted by Crippen LogP contribution is -2.21. The van der Waals surface area contributed by atoms with Crippen molar-refractivity contribution in [2.24, 2.45) is 4.99 Å². The molecule has 0 saturated carbocycles. The summed E-state index contributed by atoms with van der Waals surface area (Å²) in [7, 11) is 0. The molecule has 1 aliphatic heterocycles. The summed E-state index contributed by atoms with van der Waals surface area (Å²) in [5.74, 6) is 1.45. The highest BCUT2D eigenvalue weighted by atomic mass is 32.2. The summed E-state index contributed by atoms with van der Waals surface area (Å²) in [5, 5.41) is 3.42. The second kappa shape index (κ2) is 5.72. The first-order valence-electron chi connectivity index (χ1n) is 5.57. The monoisotopic (exact) mass is 250 g/mol. The number of hydrogen-bond acceptors (Lipinski definition) is 4. The van der Waals surface area contributed by atoms with Crippen LogP contribution in [0.4, 0.5) is 0 Å². The second-order valence-electron chi connectivity index (χ2n) is 3.62. The van der Waals surface area contributed by atoms with Crippen molar-refractivity contribution < 1.29 is 9.21 Å². The molecule has 0 bridgehead atoms. The largest absolute Gasteiger partial charge is 0.465 e. The molecule has 0 aromatic carbocycles. The molecule has 1 N–H and O–H groups in total. The van der Waals surface area contributed by atoms with Crippen LogP contribution in [0.15, 0.2) is 33.5 Å². The number of carbonyl (C=O) groups is 1. The van der Waals surface area contributed by atoms with Crippen molar-refractivity contribution in [3.8, 4) is 0 Å². The normalized spacial score (nSPS) is 17.4. The summed E-state index contributed by atoms with van der Waals surface area (Å²) < 4.78 is 5.15. The first-order valence-corrected chi connectivity index (χ1v) is 6.56. The van der Waals surface area contributed by atoms with Gasteiger partial charge in [0.25, 0.3) is 5.91 Å². The zero-order valence-electron chi connectivity index (χ0n) is 9.60. The smallest absolute Gasteiger partial charge is 0.276 e. The van der Waals surface area contributed by atoms with E-state index in [4.69, 9.17) is 4.42 Å². The van der Waals surface area contributed by atoms with Gasteiger partial charge in [0.1, 0.15) is 11.5 Å². The minimum atomic E-state index is -0.166. The molecule has 0 aliphatic carbocycles. The van der Waals surface area contributed by atoms with Gasteiger partial charge in [0.05, 0.1) is 6.26 Å². The summed E-state index contributed by atoms with van der Waals surface area (Å²) >= 11 is 1.58. The number of carbonyl (C=O) groups excluding carboxylic acids is 1. The molecule has 0 spiro atoms. The average molecular weight is 250 g/mol. The fraction of sp³-hybridized carbons (Fsp3) is 0.333. The molecule has 1 aromatic heterocycles. The maximum atomic E-state index is 11.6. The highest BCUT2D eigenvalue weighted by Crippen LogP contribution is 2.17. The van der Waals surface area contributed by atoms with E-state index in [9.17, 15) is 4.79 Å². The fourth-order valence-corrected chi connectivity index (χ4v) is 2.29. The molecule has 4 nitrogen and oxygen atoms in total. The molecule has 0 radical (unpaired) electrons. The van der Waals surface area contributed by atoms with Crippen molar-refractivity contribution in [3.63, 3.8) is 0 Å². The van der Waals surface area contributed by atoms with Crippen molar-refractivity contribution in [1.82, 2.24) is 5.32 Å².